The zero-order chi connectivity index (χ0) is 12.5. The van der Waals surface area contributed by atoms with Crippen LogP contribution in [0.5, 0.6) is 5.75 Å². The largest absolute Gasteiger partial charge is 0.506 e. The molecule has 1 saturated heterocycles. The van der Waals surface area contributed by atoms with Crippen LogP contribution in [0, 0.1) is 0 Å². The predicted molar refractivity (Wildman–Crippen MR) is 71.2 cm³/mol. The zero-order valence-electron chi connectivity index (χ0n) is 10.1. The Hall–Kier alpha value is -1.26. The van der Waals surface area contributed by atoms with Crippen molar-refractivity contribution in [2.45, 2.75) is 31.7 Å². The Morgan fingerprint density at radius 1 is 1.50 bits per heavy atom. The van der Waals surface area contributed by atoms with Gasteiger partial charge in [-0.05, 0) is 31.5 Å². The molecule has 1 aliphatic rings. The summed E-state index contributed by atoms with van der Waals surface area (Å²) in [6.07, 6.45) is 6.43. The van der Waals surface area contributed by atoms with Gasteiger partial charge in [0, 0.05) is 18.7 Å². The van der Waals surface area contributed by atoms with Gasteiger partial charge in [-0.2, -0.15) is 0 Å². The monoisotopic (exact) mass is 265 g/mol. The fraction of sp³-hybridized carbons (Fsp3) is 0.462. The highest BCUT2D eigenvalue weighted by molar-refractivity contribution is 6.33. The lowest BCUT2D eigenvalue weighted by Gasteiger charge is -2.22. The minimum absolute atomic E-state index is 0.179. The molecule has 3 rings (SSSR count). The lowest BCUT2D eigenvalue weighted by atomic mass is 10.0. The van der Waals surface area contributed by atoms with E-state index in [1.807, 2.05) is 10.6 Å². The maximum atomic E-state index is 9.81. The summed E-state index contributed by atoms with van der Waals surface area (Å²) < 4.78 is 1.88. The Labute approximate surface area is 111 Å². The minimum atomic E-state index is 0.179. The molecule has 0 radical (unpaired) electrons. The third-order valence-corrected chi connectivity index (χ3v) is 3.78. The van der Waals surface area contributed by atoms with Crippen LogP contribution in [0.15, 0.2) is 18.3 Å². The number of aromatic nitrogens is 2. The van der Waals surface area contributed by atoms with Crippen LogP contribution in [-0.2, 0) is 6.42 Å². The van der Waals surface area contributed by atoms with Crippen LogP contribution in [0.2, 0.25) is 5.15 Å². The van der Waals surface area contributed by atoms with Crippen molar-refractivity contribution in [3.8, 4) is 5.75 Å². The highest BCUT2D eigenvalue weighted by Gasteiger charge is 2.18. The van der Waals surface area contributed by atoms with Gasteiger partial charge in [0.2, 0.25) is 0 Å². The number of nitrogens with zero attached hydrogens (tertiary/aromatic N) is 2. The molecule has 0 bridgehead atoms. The van der Waals surface area contributed by atoms with Gasteiger partial charge in [0.1, 0.15) is 17.1 Å². The second-order valence-corrected chi connectivity index (χ2v) is 5.14. The van der Waals surface area contributed by atoms with Gasteiger partial charge in [-0.1, -0.05) is 18.0 Å². The summed E-state index contributed by atoms with van der Waals surface area (Å²) in [6.45, 7) is 1.08. The Kier molecular flexibility index (Phi) is 3.14. The summed E-state index contributed by atoms with van der Waals surface area (Å²) in [6, 6.07) is 3.90. The van der Waals surface area contributed by atoms with Gasteiger partial charge in [0.05, 0.1) is 0 Å². The fourth-order valence-electron chi connectivity index (χ4n) is 2.60. The van der Waals surface area contributed by atoms with Gasteiger partial charge in [-0.15, -0.1) is 0 Å². The van der Waals surface area contributed by atoms with Crippen molar-refractivity contribution in [3.05, 3.63) is 29.3 Å². The molecule has 5 heteroatoms. The third-order valence-electron chi connectivity index (χ3n) is 3.51. The van der Waals surface area contributed by atoms with E-state index in [1.54, 1.807) is 12.1 Å². The molecule has 96 valence electrons. The number of piperidine rings is 1. The summed E-state index contributed by atoms with van der Waals surface area (Å²) in [5, 5.41) is 13.7. The van der Waals surface area contributed by atoms with Crippen molar-refractivity contribution in [1.82, 2.24) is 14.7 Å². The van der Waals surface area contributed by atoms with Gasteiger partial charge < -0.3 is 10.4 Å². The number of hydrogen-bond acceptors (Lipinski definition) is 3. The van der Waals surface area contributed by atoms with E-state index in [0.717, 1.165) is 18.8 Å². The van der Waals surface area contributed by atoms with Gasteiger partial charge in [0.25, 0.3) is 0 Å². The molecule has 0 saturated carbocycles. The maximum absolute atomic E-state index is 9.81. The van der Waals surface area contributed by atoms with E-state index >= 15 is 0 Å². The molecule has 2 aromatic rings. The van der Waals surface area contributed by atoms with Crippen LogP contribution < -0.4 is 5.32 Å². The van der Waals surface area contributed by atoms with Crippen molar-refractivity contribution in [1.29, 1.82) is 0 Å². The SMILES string of the molecule is Oc1cccn2c(CC3CCCCN3)nc(Cl)c12. The number of nitrogens with one attached hydrogen (secondary N) is 1. The van der Waals surface area contributed by atoms with Crippen LogP contribution in [0.25, 0.3) is 5.52 Å². The van der Waals surface area contributed by atoms with Crippen LogP contribution in [0.1, 0.15) is 25.1 Å². The average Bonchev–Trinajstić information content (AvgIpc) is 2.69. The Morgan fingerprint density at radius 2 is 2.39 bits per heavy atom. The highest BCUT2D eigenvalue weighted by Crippen LogP contribution is 2.27. The summed E-state index contributed by atoms with van der Waals surface area (Å²) in [5.74, 6) is 1.09. The van der Waals surface area contributed by atoms with E-state index in [9.17, 15) is 5.11 Å². The smallest absolute Gasteiger partial charge is 0.158 e. The number of hydrogen-bond donors (Lipinski definition) is 2. The Balaban J connectivity index is 1.94. The molecule has 1 fully saturated rings. The van der Waals surface area contributed by atoms with E-state index in [0.29, 0.717) is 16.7 Å². The molecule has 3 heterocycles. The minimum Gasteiger partial charge on any atom is -0.506 e. The number of halogens is 1. The molecule has 2 N–H and O–H groups in total. The van der Waals surface area contributed by atoms with Crippen molar-refractivity contribution in [3.63, 3.8) is 0 Å². The Bertz CT molecular complexity index is 561. The molecule has 0 aromatic carbocycles. The number of fused-ring (bicyclic) bond motifs is 1. The first-order valence-electron chi connectivity index (χ1n) is 6.33. The number of aromatic hydroxyl groups is 1. The molecule has 0 spiro atoms. The zero-order valence-corrected chi connectivity index (χ0v) is 10.8. The first kappa shape index (κ1) is 11.8. The van der Waals surface area contributed by atoms with Crippen LogP contribution in [0.3, 0.4) is 0 Å². The van der Waals surface area contributed by atoms with Crippen LogP contribution >= 0.6 is 11.6 Å². The molecule has 0 aliphatic carbocycles. The first-order chi connectivity index (χ1) is 8.75. The standard InChI is InChI=1S/C13H16ClN3O/c14-13-12-10(18)5-3-7-17(12)11(16-13)8-9-4-1-2-6-15-9/h3,5,7,9,15,18H,1-2,4,6,8H2. The van der Waals surface area contributed by atoms with Gasteiger partial charge >= 0.3 is 0 Å². The summed E-state index contributed by atoms with van der Waals surface area (Å²) >= 11 is 6.09. The Morgan fingerprint density at radius 3 is 3.17 bits per heavy atom. The number of rotatable bonds is 2. The lowest BCUT2D eigenvalue weighted by molar-refractivity contribution is 0.394. The summed E-state index contributed by atoms with van der Waals surface area (Å²) in [4.78, 5) is 4.37. The third kappa shape index (κ3) is 2.06. The van der Waals surface area contributed by atoms with Gasteiger partial charge in [-0.3, -0.25) is 4.40 Å². The normalized spacial score (nSPS) is 20.4. The lowest BCUT2D eigenvalue weighted by Crippen LogP contribution is -2.36. The molecule has 2 aromatic heterocycles. The van der Waals surface area contributed by atoms with Gasteiger partial charge in [0.15, 0.2) is 5.15 Å². The summed E-state index contributed by atoms with van der Waals surface area (Å²) in [7, 11) is 0. The molecular weight excluding hydrogens is 250 g/mol. The summed E-state index contributed by atoms with van der Waals surface area (Å²) in [5.41, 5.74) is 0.602. The molecule has 4 nitrogen and oxygen atoms in total. The second kappa shape index (κ2) is 4.78. The predicted octanol–water partition coefficient (Wildman–Crippen LogP) is 2.38. The van der Waals surface area contributed by atoms with E-state index in [4.69, 9.17) is 11.6 Å². The van der Waals surface area contributed by atoms with Crippen LogP contribution in [0.4, 0.5) is 0 Å². The van der Waals surface area contributed by atoms with E-state index in [-0.39, 0.29) is 5.75 Å². The average molecular weight is 266 g/mol. The van der Waals surface area contributed by atoms with Crippen molar-refractivity contribution in [2.75, 3.05) is 6.54 Å². The van der Waals surface area contributed by atoms with E-state index in [1.165, 1.54) is 19.3 Å². The topological polar surface area (TPSA) is 49.6 Å². The molecule has 0 amide bonds. The maximum Gasteiger partial charge on any atom is 0.158 e. The molecule has 1 aliphatic heterocycles. The number of pyridine rings is 1. The van der Waals surface area contributed by atoms with Crippen molar-refractivity contribution >= 4 is 17.1 Å². The van der Waals surface area contributed by atoms with Crippen molar-refractivity contribution in [2.24, 2.45) is 0 Å². The second-order valence-electron chi connectivity index (χ2n) is 4.78. The van der Waals surface area contributed by atoms with E-state index < -0.39 is 0 Å². The van der Waals surface area contributed by atoms with Crippen LogP contribution in [-0.4, -0.2) is 27.1 Å². The molecule has 1 atom stereocenters. The first-order valence-corrected chi connectivity index (χ1v) is 6.71. The molecular formula is C13H16ClN3O. The molecule has 1 unspecified atom stereocenters. The van der Waals surface area contributed by atoms with Gasteiger partial charge in [-0.25, -0.2) is 4.98 Å². The quantitative estimate of drug-likeness (QED) is 0.877. The highest BCUT2D eigenvalue weighted by atomic mass is 35.5. The van der Waals surface area contributed by atoms with E-state index in [2.05, 4.69) is 10.3 Å². The molecule has 18 heavy (non-hydrogen) atoms. The van der Waals surface area contributed by atoms with Crippen molar-refractivity contribution < 1.29 is 5.11 Å². The fourth-order valence-corrected chi connectivity index (χ4v) is 2.89. The number of imidazole rings is 1.